The molecule has 9 heteroatoms. The number of amides is 1. The normalized spacial score (nSPS) is 17.5. The monoisotopic (exact) mass is 465 g/mol. The van der Waals surface area contributed by atoms with Crippen LogP contribution in [0.15, 0.2) is 49.4 Å². The molecule has 0 bridgehead atoms. The molecule has 1 saturated heterocycles. The first-order valence-electron chi connectivity index (χ1n) is 11.6. The van der Waals surface area contributed by atoms with Crippen LogP contribution in [0.1, 0.15) is 46.9 Å². The van der Waals surface area contributed by atoms with Gasteiger partial charge in [-0.1, -0.05) is 12.5 Å². The van der Waals surface area contributed by atoms with E-state index in [1.807, 2.05) is 29.1 Å². The second-order valence-corrected chi connectivity index (χ2v) is 9.01. The molecule has 1 amide bonds. The molecular weight excluding hydrogens is 442 g/mol. The molecular formula is C26H23N7O2. The number of ketones is 1. The van der Waals surface area contributed by atoms with Gasteiger partial charge < -0.3 is 10.6 Å². The number of anilines is 1. The van der Waals surface area contributed by atoms with Crippen molar-refractivity contribution in [1.29, 1.82) is 0 Å². The fourth-order valence-electron chi connectivity index (χ4n) is 4.68. The highest BCUT2D eigenvalue weighted by atomic mass is 16.2. The Balaban J connectivity index is 1.49. The van der Waals surface area contributed by atoms with Crippen molar-refractivity contribution >= 4 is 33.9 Å². The molecule has 9 nitrogen and oxygen atoms in total. The Morgan fingerprint density at radius 1 is 1.17 bits per heavy atom. The molecule has 4 aromatic rings. The Hall–Kier alpha value is -4.45. The van der Waals surface area contributed by atoms with Gasteiger partial charge in [-0.15, -0.1) is 0 Å². The van der Waals surface area contributed by atoms with Crippen molar-refractivity contribution in [2.75, 3.05) is 18.8 Å². The lowest BCUT2D eigenvalue weighted by atomic mass is 10.0. The number of likely N-dealkylation sites (tertiary alicyclic amines) is 1. The number of hydrogen-bond donors (Lipinski definition) is 1. The molecule has 1 saturated carbocycles. The van der Waals surface area contributed by atoms with Crippen LogP contribution in [0.25, 0.3) is 16.4 Å². The Kier molecular flexibility index (Phi) is 4.88. The Bertz CT molecular complexity index is 1580. The van der Waals surface area contributed by atoms with E-state index < -0.39 is 0 Å². The second kappa shape index (κ2) is 8.09. The summed E-state index contributed by atoms with van der Waals surface area (Å²) in [5.41, 5.74) is 9.69. The zero-order valence-electron chi connectivity index (χ0n) is 19.0. The van der Waals surface area contributed by atoms with Crippen LogP contribution in [0.4, 0.5) is 5.82 Å². The van der Waals surface area contributed by atoms with E-state index in [0.717, 1.165) is 23.9 Å². The van der Waals surface area contributed by atoms with E-state index in [1.165, 1.54) is 6.08 Å². The summed E-state index contributed by atoms with van der Waals surface area (Å²) in [4.78, 5) is 31.4. The summed E-state index contributed by atoms with van der Waals surface area (Å²) in [5.74, 6) is 6.54. The van der Waals surface area contributed by atoms with E-state index in [0.29, 0.717) is 41.7 Å². The highest BCUT2D eigenvalue weighted by molar-refractivity contribution is 6.11. The average molecular weight is 466 g/mol. The van der Waals surface area contributed by atoms with Crippen molar-refractivity contribution in [2.45, 2.75) is 25.3 Å². The number of Topliss-reactive ketones (excluding diaryl/α,β-unsaturated/α-hetero) is 1. The molecule has 1 atom stereocenters. The van der Waals surface area contributed by atoms with E-state index in [-0.39, 0.29) is 29.5 Å². The second-order valence-electron chi connectivity index (χ2n) is 9.01. The standard InChI is InChI=1S/C26H23N7O2/c1-2-22(34)31-12-10-19(15-31)33-24-20(25(35)17-5-6-17)13-28-26(27)23(24)21(30-33)8-4-16-3-7-18-9-11-29-32(18)14-16/h2-3,7,9,11,13-14,17,19H,1,5-6,10,12,15H2,(H2,27,28)/t19-/m0/s1. The molecule has 0 aromatic carbocycles. The van der Waals surface area contributed by atoms with Crippen molar-refractivity contribution in [1.82, 2.24) is 29.3 Å². The largest absolute Gasteiger partial charge is 0.383 e. The third-order valence-electron chi connectivity index (χ3n) is 6.68. The van der Waals surface area contributed by atoms with Crippen molar-refractivity contribution in [2.24, 2.45) is 5.92 Å². The molecule has 4 aromatic heterocycles. The summed E-state index contributed by atoms with van der Waals surface area (Å²) in [7, 11) is 0. The van der Waals surface area contributed by atoms with E-state index in [4.69, 9.17) is 10.8 Å². The molecule has 35 heavy (non-hydrogen) atoms. The van der Waals surface area contributed by atoms with Gasteiger partial charge in [0.05, 0.1) is 28.0 Å². The minimum atomic E-state index is -0.117. The van der Waals surface area contributed by atoms with Gasteiger partial charge in [0.15, 0.2) is 5.78 Å². The number of nitrogen functional groups attached to an aromatic ring is 1. The number of nitrogens with two attached hydrogens (primary N) is 1. The van der Waals surface area contributed by atoms with Gasteiger partial charge in [-0.2, -0.15) is 10.2 Å². The molecule has 6 rings (SSSR count). The SMILES string of the molecule is C=CC(=O)N1CC[C@H](n2nc(C#Cc3ccc4ccnn4c3)c3c(N)ncc(C(=O)C4CC4)c32)C1. The van der Waals surface area contributed by atoms with Gasteiger partial charge in [0.1, 0.15) is 11.5 Å². The van der Waals surface area contributed by atoms with E-state index in [9.17, 15) is 9.59 Å². The summed E-state index contributed by atoms with van der Waals surface area (Å²) < 4.78 is 3.59. The highest BCUT2D eigenvalue weighted by Crippen LogP contribution is 2.37. The van der Waals surface area contributed by atoms with Gasteiger partial charge >= 0.3 is 0 Å². The third-order valence-corrected chi connectivity index (χ3v) is 6.68. The van der Waals surface area contributed by atoms with Gasteiger partial charge in [-0.05, 0) is 49.5 Å². The lowest BCUT2D eigenvalue weighted by molar-refractivity contribution is -0.125. The predicted octanol–water partition coefficient (Wildman–Crippen LogP) is 2.61. The molecule has 0 radical (unpaired) electrons. The van der Waals surface area contributed by atoms with Crippen LogP contribution < -0.4 is 5.73 Å². The number of fused-ring (bicyclic) bond motifs is 2. The first kappa shape index (κ1) is 21.1. The Labute approximate surface area is 201 Å². The van der Waals surface area contributed by atoms with Gasteiger partial charge in [0.25, 0.3) is 0 Å². The van der Waals surface area contributed by atoms with Gasteiger partial charge in [-0.25, -0.2) is 9.50 Å². The third kappa shape index (κ3) is 3.64. The number of carbonyl (C=O) groups is 2. The zero-order chi connectivity index (χ0) is 24.1. The first-order valence-corrected chi connectivity index (χ1v) is 11.6. The molecule has 1 aliphatic carbocycles. The molecule has 2 aliphatic rings. The van der Waals surface area contributed by atoms with Gasteiger partial charge in [0, 0.05) is 43.2 Å². The summed E-state index contributed by atoms with van der Waals surface area (Å²) in [5, 5.41) is 9.67. The first-order chi connectivity index (χ1) is 17.0. The van der Waals surface area contributed by atoms with E-state index >= 15 is 0 Å². The lowest BCUT2D eigenvalue weighted by Gasteiger charge is -2.16. The quantitative estimate of drug-likeness (QED) is 0.282. The number of pyridine rings is 2. The number of rotatable bonds is 4. The van der Waals surface area contributed by atoms with Gasteiger partial charge in [0.2, 0.25) is 5.91 Å². The summed E-state index contributed by atoms with van der Waals surface area (Å²) in [6, 6.07) is 5.67. The number of nitrogens with zero attached hydrogens (tertiary/aromatic N) is 6. The zero-order valence-corrected chi connectivity index (χ0v) is 19.0. The molecule has 0 spiro atoms. The van der Waals surface area contributed by atoms with Crippen LogP contribution in [0.2, 0.25) is 0 Å². The minimum absolute atomic E-state index is 0.0183. The summed E-state index contributed by atoms with van der Waals surface area (Å²) in [6.07, 6.45) is 8.93. The maximum atomic E-state index is 13.2. The van der Waals surface area contributed by atoms with Crippen LogP contribution in [0, 0.1) is 17.8 Å². The molecule has 1 aliphatic heterocycles. The molecule has 5 heterocycles. The minimum Gasteiger partial charge on any atom is -0.383 e. The van der Waals surface area contributed by atoms with E-state index in [2.05, 4.69) is 28.5 Å². The van der Waals surface area contributed by atoms with Crippen LogP contribution >= 0.6 is 0 Å². The van der Waals surface area contributed by atoms with Crippen molar-refractivity contribution in [3.8, 4) is 11.8 Å². The molecule has 0 unspecified atom stereocenters. The summed E-state index contributed by atoms with van der Waals surface area (Å²) >= 11 is 0. The Morgan fingerprint density at radius 2 is 2.03 bits per heavy atom. The molecule has 2 N–H and O–H groups in total. The molecule has 174 valence electrons. The number of carbonyl (C=O) groups excluding carboxylic acids is 2. The maximum Gasteiger partial charge on any atom is 0.246 e. The van der Waals surface area contributed by atoms with Crippen LogP contribution in [-0.2, 0) is 4.79 Å². The fourth-order valence-corrected chi connectivity index (χ4v) is 4.68. The van der Waals surface area contributed by atoms with Gasteiger partial charge in [-0.3, -0.25) is 14.3 Å². The average Bonchev–Trinajstić information content (AvgIpc) is 3.26. The number of hydrogen-bond acceptors (Lipinski definition) is 6. The summed E-state index contributed by atoms with van der Waals surface area (Å²) in [6.45, 7) is 4.66. The van der Waals surface area contributed by atoms with Crippen molar-refractivity contribution in [3.05, 3.63) is 66.3 Å². The van der Waals surface area contributed by atoms with Crippen molar-refractivity contribution in [3.63, 3.8) is 0 Å². The highest BCUT2D eigenvalue weighted by Gasteiger charge is 2.35. The fraction of sp³-hybridized carbons (Fsp3) is 0.269. The van der Waals surface area contributed by atoms with E-state index in [1.54, 1.807) is 21.8 Å². The smallest absolute Gasteiger partial charge is 0.246 e. The number of aromatic nitrogens is 5. The topological polar surface area (TPSA) is 111 Å². The predicted molar refractivity (Wildman–Crippen MR) is 131 cm³/mol. The van der Waals surface area contributed by atoms with Crippen molar-refractivity contribution < 1.29 is 9.59 Å². The van der Waals surface area contributed by atoms with Crippen LogP contribution in [-0.4, -0.2) is 54.1 Å². The maximum absolute atomic E-state index is 13.2. The Morgan fingerprint density at radius 3 is 2.83 bits per heavy atom. The van der Waals surface area contributed by atoms with Crippen LogP contribution in [0.3, 0.4) is 0 Å². The molecule has 2 fully saturated rings. The van der Waals surface area contributed by atoms with Crippen LogP contribution in [0.5, 0.6) is 0 Å². The lowest BCUT2D eigenvalue weighted by Crippen LogP contribution is -2.27.